The molecule has 0 aliphatic carbocycles. The maximum atomic E-state index is 11.2. The maximum Gasteiger partial charge on any atom is 0.323 e. The molecule has 1 aliphatic heterocycles. The smallest absolute Gasteiger partial charge is 0.323 e. The Morgan fingerprint density at radius 3 is 3.00 bits per heavy atom. The van der Waals surface area contributed by atoms with E-state index >= 15 is 0 Å². The van der Waals surface area contributed by atoms with Crippen LogP contribution in [0.25, 0.3) is 0 Å². The van der Waals surface area contributed by atoms with Crippen molar-refractivity contribution in [2.75, 3.05) is 12.9 Å². The largest absolute Gasteiger partial charge is 0.468 e. The molecule has 3 unspecified atom stereocenters. The molecule has 3 nitrogen and oxygen atoms in total. The highest BCUT2D eigenvalue weighted by atomic mass is 32.2. The molecule has 1 rings (SSSR count). The first-order chi connectivity index (χ1) is 6.19. The number of ether oxygens (including phenoxy) is 1. The van der Waals surface area contributed by atoms with Crippen molar-refractivity contribution in [2.24, 2.45) is 5.92 Å². The van der Waals surface area contributed by atoms with Crippen LogP contribution < -0.4 is 5.32 Å². The molecule has 1 fully saturated rings. The summed E-state index contributed by atoms with van der Waals surface area (Å²) in [6.45, 7) is 4.36. The molecular formula is C9H17NO2S. The van der Waals surface area contributed by atoms with Crippen molar-refractivity contribution in [3.05, 3.63) is 0 Å². The van der Waals surface area contributed by atoms with E-state index in [9.17, 15) is 4.79 Å². The van der Waals surface area contributed by atoms with Crippen LogP contribution in [-0.4, -0.2) is 30.2 Å². The van der Waals surface area contributed by atoms with Gasteiger partial charge in [-0.2, -0.15) is 0 Å². The summed E-state index contributed by atoms with van der Waals surface area (Å²) in [5.41, 5.74) is 0. The molecule has 0 bridgehead atoms. The molecule has 3 atom stereocenters. The first kappa shape index (κ1) is 10.9. The van der Waals surface area contributed by atoms with Gasteiger partial charge in [0.2, 0.25) is 0 Å². The Kier molecular flexibility index (Phi) is 4.06. The zero-order chi connectivity index (χ0) is 9.84. The number of carbonyl (C=O) groups excluding carboxylic acids is 1. The molecule has 0 radical (unpaired) electrons. The molecule has 0 saturated carbocycles. The molecule has 0 amide bonds. The summed E-state index contributed by atoms with van der Waals surface area (Å²) in [7, 11) is 1.44. The van der Waals surface area contributed by atoms with Crippen molar-refractivity contribution in [3.8, 4) is 0 Å². The van der Waals surface area contributed by atoms with Crippen LogP contribution in [0, 0.1) is 5.92 Å². The summed E-state index contributed by atoms with van der Waals surface area (Å²) in [4.78, 5) is 11.2. The standard InChI is InChI=1S/C9H17NO2S/c1-4-6(2)8-10-7(5-13-8)9(11)12-3/h6-8,10H,4-5H2,1-3H3. The van der Waals surface area contributed by atoms with E-state index in [0.717, 1.165) is 12.2 Å². The van der Waals surface area contributed by atoms with Gasteiger partial charge in [-0.15, -0.1) is 11.8 Å². The Morgan fingerprint density at radius 1 is 1.77 bits per heavy atom. The lowest BCUT2D eigenvalue weighted by Gasteiger charge is -2.17. The Hall–Kier alpha value is -0.220. The Balaban J connectivity index is 2.40. The van der Waals surface area contributed by atoms with Crippen LogP contribution in [0.15, 0.2) is 0 Å². The van der Waals surface area contributed by atoms with E-state index in [0.29, 0.717) is 11.3 Å². The minimum Gasteiger partial charge on any atom is -0.468 e. The lowest BCUT2D eigenvalue weighted by Crippen LogP contribution is -2.39. The van der Waals surface area contributed by atoms with E-state index in [4.69, 9.17) is 0 Å². The molecule has 1 aliphatic rings. The fraction of sp³-hybridized carbons (Fsp3) is 0.889. The second-order valence-electron chi connectivity index (χ2n) is 3.38. The van der Waals surface area contributed by atoms with Gasteiger partial charge in [0.1, 0.15) is 6.04 Å². The summed E-state index contributed by atoms with van der Waals surface area (Å²) >= 11 is 1.81. The van der Waals surface area contributed by atoms with Gasteiger partial charge in [-0.25, -0.2) is 0 Å². The first-order valence-electron chi connectivity index (χ1n) is 4.64. The number of hydrogen-bond donors (Lipinski definition) is 1. The topological polar surface area (TPSA) is 38.3 Å². The zero-order valence-electron chi connectivity index (χ0n) is 8.37. The van der Waals surface area contributed by atoms with E-state index in [1.165, 1.54) is 7.11 Å². The van der Waals surface area contributed by atoms with Gasteiger partial charge >= 0.3 is 5.97 Å². The molecule has 0 aromatic heterocycles. The highest BCUT2D eigenvalue weighted by molar-refractivity contribution is 8.00. The van der Waals surface area contributed by atoms with Crippen LogP contribution in [0.3, 0.4) is 0 Å². The number of methoxy groups -OCH3 is 1. The highest BCUT2D eigenvalue weighted by Crippen LogP contribution is 2.26. The second-order valence-corrected chi connectivity index (χ2v) is 4.56. The average Bonchev–Trinajstić information content (AvgIpc) is 2.64. The number of rotatable bonds is 3. The Bertz CT molecular complexity index is 186. The van der Waals surface area contributed by atoms with Gasteiger partial charge in [0, 0.05) is 5.75 Å². The number of thioether (sulfide) groups is 1. The van der Waals surface area contributed by atoms with Gasteiger partial charge in [-0.3, -0.25) is 10.1 Å². The van der Waals surface area contributed by atoms with E-state index in [1.807, 2.05) is 11.8 Å². The monoisotopic (exact) mass is 203 g/mol. The van der Waals surface area contributed by atoms with Gasteiger partial charge in [0.15, 0.2) is 0 Å². The fourth-order valence-electron chi connectivity index (χ4n) is 1.32. The third-order valence-corrected chi connectivity index (χ3v) is 3.94. The van der Waals surface area contributed by atoms with Gasteiger partial charge in [-0.1, -0.05) is 20.3 Å². The number of nitrogens with one attached hydrogen (secondary N) is 1. The summed E-state index contributed by atoms with van der Waals surface area (Å²) in [5.74, 6) is 1.31. The van der Waals surface area contributed by atoms with Gasteiger partial charge < -0.3 is 4.74 Å². The first-order valence-corrected chi connectivity index (χ1v) is 5.69. The number of hydrogen-bond acceptors (Lipinski definition) is 4. The number of carbonyl (C=O) groups is 1. The van der Waals surface area contributed by atoms with Crippen LogP contribution in [0.2, 0.25) is 0 Å². The van der Waals surface area contributed by atoms with E-state index in [-0.39, 0.29) is 12.0 Å². The van der Waals surface area contributed by atoms with Crippen molar-refractivity contribution < 1.29 is 9.53 Å². The zero-order valence-corrected chi connectivity index (χ0v) is 9.19. The SMILES string of the molecule is CCC(C)C1NC(C(=O)OC)CS1. The van der Waals surface area contributed by atoms with Gasteiger partial charge in [-0.05, 0) is 5.92 Å². The van der Waals surface area contributed by atoms with Crippen molar-refractivity contribution in [1.82, 2.24) is 5.32 Å². The van der Waals surface area contributed by atoms with E-state index < -0.39 is 0 Å². The van der Waals surface area contributed by atoms with Crippen molar-refractivity contribution in [1.29, 1.82) is 0 Å². The molecular weight excluding hydrogens is 186 g/mol. The third-order valence-electron chi connectivity index (χ3n) is 2.45. The molecule has 76 valence electrons. The quantitative estimate of drug-likeness (QED) is 0.700. The summed E-state index contributed by atoms with van der Waals surface area (Å²) in [6, 6.07) is -0.103. The molecule has 1 N–H and O–H groups in total. The predicted molar refractivity (Wildman–Crippen MR) is 54.6 cm³/mol. The molecule has 0 aromatic carbocycles. The highest BCUT2D eigenvalue weighted by Gasteiger charge is 2.32. The van der Waals surface area contributed by atoms with Gasteiger partial charge in [0.05, 0.1) is 12.5 Å². The van der Waals surface area contributed by atoms with E-state index in [1.54, 1.807) is 0 Å². The maximum absolute atomic E-state index is 11.2. The van der Waals surface area contributed by atoms with Crippen LogP contribution >= 0.6 is 11.8 Å². The average molecular weight is 203 g/mol. The van der Waals surface area contributed by atoms with Crippen molar-refractivity contribution in [2.45, 2.75) is 31.7 Å². The minimum atomic E-state index is -0.140. The molecule has 4 heteroatoms. The molecule has 0 aromatic rings. The molecule has 13 heavy (non-hydrogen) atoms. The van der Waals surface area contributed by atoms with E-state index in [2.05, 4.69) is 23.9 Å². The lowest BCUT2D eigenvalue weighted by atomic mass is 10.1. The normalized spacial score (nSPS) is 30.1. The predicted octanol–water partition coefficient (Wildman–Crippen LogP) is 1.24. The second kappa shape index (κ2) is 4.86. The van der Waals surface area contributed by atoms with Crippen molar-refractivity contribution >= 4 is 17.7 Å². The van der Waals surface area contributed by atoms with Crippen molar-refractivity contribution in [3.63, 3.8) is 0 Å². The summed E-state index contributed by atoms with van der Waals surface area (Å²) in [6.07, 6.45) is 1.14. The molecule has 0 spiro atoms. The fourth-order valence-corrected chi connectivity index (χ4v) is 2.73. The molecule has 1 saturated heterocycles. The third kappa shape index (κ3) is 2.61. The number of esters is 1. The summed E-state index contributed by atoms with van der Waals surface area (Å²) in [5, 5.41) is 3.69. The Labute approximate surface area is 83.6 Å². The van der Waals surface area contributed by atoms with Crippen LogP contribution in [0.5, 0.6) is 0 Å². The summed E-state index contributed by atoms with van der Waals surface area (Å²) < 4.78 is 4.68. The van der Waals surface area contributed by atoms with Crippen LogP contribution in [-0.2, 0) is 9.53 Å². The Morgan fingerprint density at radius 2 is 2.46 bits per heavy atom. The minimum absolute atomic E-state index is 0.103. The van der Waals surface area contributed by atoms with Crippen LogP contribution in [0.4, 0.5) is 0 Å². The van der Waals surface area contributed by atoms with Gasteiger partial charge in [0.25, 0.3) is 0 Å². The lowest BCUT2D eigenvalue weighted by molar-refractivity contribution is -0.142. The van der Waals surface area contributed by atoms with Crippen LogP contribution in [0.1, 0.15) is 20.3 Å². The molecule has 1 heterocycles.